The molecule has 0 saturated heterocycles. The van der Waals surface area contributed by atoms with E-state index in [-0.39, 0.29) is 12.4 Å². The number of carbonyl (C=O) groups excluding carboxylic acids is 1. The fourth-order valence-corrected chi connectivity index (χ4v) is 1.59. The maximum Gasteiger partial charge on any atom is 0.168 e. The summed E-state index contributed by atoms with van der Waals surface area (Å²) in [5.41, 5.74) is 0. The average molecular weight is 191 g/mol. The Kier molecular flexibility index (Phi) is 7.54. The zero-order valence-electron chi connectivity index (χ0n) is 8.00. The van der Waals surface area contributed by atoms with Crippen LogP contribution in [0, 0.1) is 0 Å². The van der Waals surface area contributed by atoms with Crippen molar-refractivity contribution in [2.45, 2.75) is 0 Å². The number of rotatable bonds is 7. The van der Waals surface area contributed by atoms with Crippen molar-refractivity contribution in [3.05, 3.63) is 0 Å². The van der Waals surface area contributed by atoms with E-state index < -0.39 is 0 Å². The zero-order valence-corrected chi connectivity index (χ0v) is 8.82. The molecule has 0 unspecified atom stereocenters. The molecule has 0 aromatic rings. The Bertz CT molecular complexity index is 128. The first-order chi connectivity index (χ1) is 5.66. The minimum Gasteiger partial charge on any atom is -0.377 e. The van der Waals surface area contributed by atoms with Crippen LogP contribution in [0.25, 0.3) is 0 Å². The van der Waals surface area contributed by atoms with E-state index in [1.807, 2.05) is 14.1 Å². The Morgan fingerprint density at radius 2 is 2.17 bits per heavy atom. The molecule has 3 nitrogen and oxygen atoms in total. The Morgan fingerprint density at radius 3 is 2.67 bits per heavy atom. The molecule has 0 spiro atoms. The van der Waals surface area contributed by atoms with Crippen LogP contribution >= 0.6 is 11.8 Å². The third kappa shape index (κ3) is 8.04. The highest BCUT2D eigenvalue weighted by Gasteiger charge is 2.00. The highest BCUT2D eigenvalue weighted by Crippen LogP contribution is 1.99. The maximum absolute atomic E-state index is 10.9. The standard InChI is InChI=1S/C8H17NO2S/c1-9(2)4-5-12-7-8(10)6-11-3/h4-7H2,1-3H3. The lowest BCUT2D eigenvalue weighted by molar-refractivity contribution is -0.120. The van der Waals surface area contributed by atoms with Gasteiger partial charge in [0.1, 0.15) is 6.61 Å². The third-order valence-electron chi connectivity index (χ3n) is 1.25. The summed E-state index contributed by atoms with van der Waals surface area (Å²) in [7, 11) is 5.59. The molecule has 12 heavy (non-hydrogen) atoms. The molecule has 0 saturated carbocycles. The van der Waals surface area contributed by atoms with E-state index in [0.29, 0.717) is 5.75 Å². The maximum atomic E-state index is 10.9. The topological polar surface area (TPSA) is 29.5 Å². The minimum absolute atomic E-state index is 0.168. The Morgan fingerprint density at radius 1 is 1.50 bits per heavy atom. The molecule has 0 aromatic carbocycles. The molecule has 0 bridgehead atoms. The first-order valence-corrected chi connectivity index (χ1v) is 5.05. The number of hydrogen-bond acceptors (Lipinski definition) is 4. The van der Waals surface area contributed by atoms with Gasteiger partial charge in [0.25, 0.3) is 0 Å². The first-order valence-electron chi connectivity index (χ1n) is 3.90. The van der Waals surface area contributed by atoms with Crippen LogP contribution in [0.1, 0.15) is 0 Å². The molecule has 0 aliphatic heterocycles. The van der Waals surface area contributed by atoms with Crippen molar-refractivity contribution in [2.75, 3.05) is 45.9 Å². The largest absolute Gasteiger partial charge is 0.377 e. The summed E-state index contributed by atoms with van der Waals surface area (Å²) in [6.45, 7) is 1.26. The van der Waals surface area contributed by atoms with E-state index in [1.54, 1.807) is 18.9 Å². The summed E-state index contributed by atoms with van der Waals surface area (Å²) >= 11 is 1.66. The molecule has 0 atom stereocenters. The van der Waals surface area contributed by atoms with E-state index in [2.05, 4.69) is 4.90 Å². The lowest BCUT2D eigenvalue weighted by Crippen LogP contribution is -2.16. The van der Waals surface area contributed by atoms with Crippen LogP contribution in [0.2, 0.25) is 0 Å². The molecule has 0 heterocycles. The van der Waals surface area contributed by atoms with E-state index in [9.17, 15) is 4.79 Å². The number of methoxy groups -OCH3 is 1. The van der Waals surface area contributed by atoms with Crippen molar-refractivity contribution in [3.63, 3.8) is 0 Å². The van der Waals surface area contributed by atoms with E-state index in [0.717, 1.165) is 12.3 Å². The second kappa shape index (κ2) is 7.58. The Balaban J connectivity index is 3.14. The number of ketones is 1. The summed E-state index contributed by atoms with van der Waals surface area (Å²) < 4.78 is 4.71. The second-order valence-corrected chi connectivity index (χ2v) is 3.93. The predicted octanol–water partition coefficient (Wildman–Crippen LogP) is 0.497. The van der Waals surface area contributed by atoms with Gasteiger partial charge >= 0.3 is 0 Å². The van der Waals surface area contributed by atoms with E-state index in [4.69, 9.17) is 4.74 Å². The number of hydrogen-bond donors (Lipinski definition) is 0. The average Bonchev–Trinajstić information content (AvgIpc) is 1.98. The number of ether oxygens (including phenoxy) is 1. The fourth-order valence-electron chi connectivity index (χ4n) is 0.636. The molecule has 72 valence electrons. The summed E-state index contributed by atoms with van der Waals surface area (Å²) in [6.07, 6.45) is 0. The number of thioether (sulfide) groups is 1. The molecule has 0 fully saturated rings. The molecule has 0 aliphatic rings. The lowest BCUT2D eigenvalue weighted by Gasteiger charge is -2.07. The molecule has 0 amide bonds. The van der Waals surface area contributed by atoms with Crippen molar-refractivity contribution in [1.29, 1.82) is 0 Å². The van der Waals surface area contributed by atoms with Gasteiger partial charge in [0, 0.05) is 19.4 Å². The number of nitrogens with zero attached hydrogens (tertiary/aromatic N) is 1. The molecule has 0 rings (SSSR count). The molecule has 0 radical (unpaired) electrons. The van der Waals surface area contributed by atoms with Crippen molar-refractivity contribution in [3.8, 4) is 0 Å². The second-order valence-electron chi connectivity index (χ2n) is 2.83. The van der Waals surface area contributed by atoms with Gasteiger partial charge in [0.05, 0.1) is 5.75 Å². The summed E-state index contributed by atoms with van der Waals surface area (Å²) in [5, 5.41) is 0. The summed E-state index contributed by atoms with van der Waals surface area (Å²) in [5.74, 6) is 1.74. The van der Waals surface area contributed by atoms with Gasteiger partial charge in [0.15, 0.2) is 5.78 Å². The Labute approximate surface area is 78.5 Å². The van der Waals surface area contributed by atoms with Crippen LogP contribution in [0.3, 0.4) is 0 Å². The van der Waals surface area contributed by atoms with Gasteiger partial charge in [-0.1, -0.05) is 0 Å². The van der Waals surface area contributed by atoms with Gasteiger partial charge in [-0.15, -0.1) is 0 Å². The third-order valence-corrected chi connectivity index (χ3v) is 2.25. The normalized spacial score (nSPS) is 10.7. The minimum atomic E-state index is 0.168. The molecule has 0 N–H and O–H groups in total. The monoisotopic (exact) mass is 191 g/mol. The highest BCUT2D eigenvalue weighted by molar-refractivity contribution is 7.99. The molecular weight excluding hydrogens is 174 g/mol. The SMILES string of the molecule is COCC(=O)CSCCN(C)C. The van der Waals surface area contributed by atoms with Crippen LogP contribution in [0.15, 0.2) is 0 Å². The van der Waals surface area contributed by atoms with Gasteiger partial charge in [0.2, 0.25) is 0 Å². The fraction of sp³-hybridized carbons (Fsp3) is 0.875. The summed E-state index contributed by atoms with van der Waals surface area (Å²) in [4.78, 5) is 13.0. The van der Waals surface area contributed by atoms with E-state index >= 15 is 0 Å². The van der Waals surface area contributed by atoms with Crippen molar-refractivity contribution >= 4 is 17.5 Å². The van der Waals surface area contributed by atoms with Gasteiger partial charge < -0.3 is 9.64 Å². The van der Waals surface area contributed by atoms with Crippen molar-refractivity contribution in [1.82, 2.24) is 4.90 Å². The van der Waals surface area contributed by atoms with Gasteiger partial charge in [-0.2, -0.15) is 11.8 Å². The van der Waals surface area contributed by atoms with Crippen molar-refractivity contribution in [2.24, 2.45) is 0 Å². The Hall–Kier alpha value is -0.0600. The smallest absolute Gasteiger partial charge is 0.168 e. The van der Waals surface area contributed by atoms with Gasteiger partial charge in [-0.3, -0.25) is 4.79 Å². The summed E-state index contributed by atoms with van der Waals surface area (Å²) in [6, 6.07) is 0. The van der Waals surface area contributed by atoms with Crippen LogP contribution in [0.4, 0.5) is 0 Å². The van der Waals surface area contributed by atoms with Gasteiger partial charge in [-0.25, -0.2) is 0 Å². The highest BCUT2D eigenvalue weighted by atomic mass is 32.2. The molecule has 0 aliphatic carbocycles. The van der Waals surface area contributed by atoms with Crippen LogP contribution in [0.5, 0.6) is 0 Å². The van der Waals surface area contributed by atoms with Crippen LogP contribution in [-0.4, -0.2) is 56.5 Å². The predicted molar refractivity (Wildman–Crippen MR) is 52.8 cm³/mol. The molecular formula is C8H17NO2S. The van der Waals surface area contributed by atoms with Crippen molar-refractivity contribution < 1.29 is 9.53 Å². The number of Topliss-reactive ketones (excluding diaryl/α,β-unsaturated/α-hetero) is 1. The quantitative estimate of drug-likeness (QED) is 0.548. The van der Waals surface area contributed by atoms with Crippen LogP contribution in [-0.2, 0) is 9.53 Å². The molecule has 4 heteroatoms. The first kappa shape index (κ1) is 11.9. The van der Waals surface area contributed by atoms with Crippen LogP contribution < -0.4 is 0 Å². The number of carbonyl (C=O) groups is 1. The molecule has 0 aromatic heterocycles. The lowest BCUT2D eigenvalue weighted by atomic mass is 10.5. The zero-order chi connectivity index (χ0) is 9.40. The van der Waals surface area contributed by atoms with Gasteiger partial charge in [-0.05, 0) is 14.1 Å². The van der Waals surface area contributed by atoms with E-state index in [1.165, 1.54) is 0 Å².